The van der Waals surface area contributed by atoms with E-state index in [4.69, 9.17) is 16.3 Å². The van der Waals surface area contributed by atoms with E-state index in [0.717, 1.165) is 5.56 Å². The maximum Gasteiger partial charge on any atom is 0.310 e. The number of carbonyl (C=O) groups is 1. The zero-order valence-corrected chi connectivity index (χ0v) is 10.4. The second kappa shape index (κ2) is 5.75. The zero-order valence-electron chi connectivity index (χ0n) is 9.62. The van der Waals surface area contributed by atoms with Gasteiger partial charge < -0.3 is 9.47 Å². The van der Waals surface area contributed by atoms with Gasteiger partial charge in [-0.15, -0.1) is 0 Å². The minimum absolute atomic E-state index is 0.0996. The fraction of sp³-hybridized carbons (Fsp3) is 0.417. The molecule has 0 aliphatic heterocycles. The summed E-state index contributed by atoms with van der Waals surface area (Å²) in [6.07, 6.45) is 0.277. The van der Waals surface area contributed by atoms with E-state index in [9.17, 15) is 4.79 Å². The maximum absolute atomic E-state index is 11.1. The molecular formula is C12H15ClO3. The highest BCUT2D eigenvalue weighted by molar-refractivity contribution is 6.31. The number of benzene rings is 1. The first-order valence-corrected chi connectivity index (χ1v) is 5.42. The molecule has 0 aliphatic rings. The van der Waals surface area contributed by atoms with Gasteiger partial charge in [0.15, 0.2) is 0 Å². The van der Waals surface area contributed by atoms with Crippen molar-refractivity contribution in [3.63, 3.8) is 0 Å². The molecule has 0 aromatic heterocycles. The Hall–Kier alpha value is -1.22. The molecular weight excluding hydrogens is 228 g/mol. The van der Waals surface area contributed by atoms with E-state index in [-0.39, 0.29) is 18.5 Å². The van der Waals surface area contributed by atoms with Gasteiger partial charge in [0.25, 0.3) is 0 Å². The third kappa shape index (κ3) is 3.74. The molecule has 0 amide bonds. The van der Waals surface area contributed by atoms with E-state index in [2.05, 4.69) is 4.74 Å². The first kappa shape index (κ1) is 12.8. The summed E-state index contributed by atoms with van der Waals surface area (Å²) < 4.78 is 10.1. The number of methoxy groups -OCH3 is 1. The lowest BCUT2D eigenvalue weighted by molar-refractivity contribution is -0.139. The number of rotatable bonds is 4. The fourth-order valence-corrected chi connectivity index (χ4v) is 1.48. The van der Waals surface area contributed by atoms with Gasteiger partial charge in [-0.1, -0.05) is 17.7 Å². The molecule has 0 spiro atoms. The third-order valence-electron chi connectivity index (χ3n) is 1.96. The molecule has 0 N–H and O–H groups in total. The Bertz CT molecular complexity index is 375. The van der Waals surface area contributed by atoms with Gasteiger partial charge >= 0.3 is 5.97 Å². The van der Waals surface area contributed by atoms with Crippen LogP contribution >= 0.6 is 11.6 Å². The molecule has 0 bridgehead atoms. The van der Waals surface area contributed by atoms with E-state index in [1.807, 2.05) is 13.8 Å². The second-order valence-corrected chi connectivity index (χ2v) is 4.08. The quantitative estimate of drug-likeness (QED) is 0.762. The molecule has 4 heteroatoms. The van der Waals surface area contributed by atoms with Gasteiger partial charge in [0.1, 0.15) is 5.75 Å². The van der Waals surface area contributed by atoms with Gasteiger partial charge in [-0.05, 0) is 31.5 Å². The van der Waals surface area contributed by atoms with Crippen LogP contribution in [0.15, 0.2) is 18.2 Å². The van der Waals surface area contributed by atoms with Crippen molar-refractivity contribution >= 4 is 17.6 Å². The summed E-state index contributed by atoms with van der Waals surface area (Å²) >= 11 is 6.03. The summed E-state index contributed by atoms with van der Waals surface area (Å²) in [5.74, 6) is 0.396. The van der Waals surface area contributed by atoms with Crippen molar-refractivity contribution < 1.29 is 14.3 Å². The Morgan fingerprint density at radius 3 is 2.62 bits per heavy atom. The van der Waals surface area contributed by atoms with Gasteiger partial charge in [0.2, 0.25) is 0 Å². The average Bonchev–Trinajstić information content (AvgIpc) is 2.21. The molecule has 0 fully saturated rings. The van der Waals surface area contributed by atoms with Crippen molar-refractivity contribution in [2.75, 3.05) is 7.11 Å². The molecule has 3 nitrogen and oxygen atoms in total. The smallest absolute Gasteiger partial charge is 0.310 e. The molecule has 0 atom stereocenters. The minimum Gasteiger partial charge on any atom is -0.491 e. The van der Waals surface area contributed by atoms with E-state index in [0.29, 0.717) is 10.8 Å². The normalized spacial score (nSPS) is 10.3. The highest BCUT2D eigenvalue weighted by Gasteiger charge is 2.08. The fourth-order valence-electron chi connectivity index (χ4n) is 1.24. The van der Waals surface area contributed by atoms with Gasteiger partial charge in [0, 0.05) is 5.02 Å². The average molecular weight is 243 g/mol. The van der Waals surface area contributed by atoms with Crippen LogP contribution in [0, 0.1) is 0 Å². The Labute approximate surface area is 100 Å². The highest BCUT2D eigenvalue weighted by atomic mass is 35.5. The van der Waals surface area contributed by atoms with Crippen LogP contribution < -0.4 is 4.74 Å². The highest BCUT2D eigenvalue weighted by Crippen LogP contribution is 2.23. The van der Waals surface area contributed by atoms with Crippen LogP contribution in [0.2, 0.25) is 5.02 Å². The predicted molar refractivity (Wildman–Crippen MR) is 62.9 cm³/mol. The van der Waals surface area contributed by atoms with Crippen molar-refractivity contribution in [3.8, 4) is 5.75 Å². The summed E-state index contributed by atoms with van der Waals surface area (Å²) in [4.78, 5) is 11.1. The lowest BCUT2D eigenvalue weighted by Gasteiger charge is -2.11. The first-order chi connectivity index (χ1) is 7.52. The van der Waals surface area contributed by atoms with E-state index in [1.54, 1.807) is 18.2 Å². The first-order valence-electron chi connectivity index (χ1n) is 5.05. The van der Waals surface area contributed by atoms with Crippen molar-refractivity contribution in [1.29, 1.82) is 0 Å². The maximum atomic E-state index is 11.1. The molecule has 88 valence electrons. The topological polar surface area (TPSA) is 35.5 Å². The van der Waals surface area contributed by atoms with Gasteiger partial charge in [-0.25, -0.2) is 0 Å². The Morgan fingerprint density at radius 1 is 1.44 bits per heavy atom. The van der Waals surface area contributed by atoms with Crippen molar-refractivity contribution in [3.05, 3.63) is 28.8 Å². The van der Waals surface area contributed by atoms with Crippen LogP contribution in [0.4, 0.5) is 0 Å². The molecule has 0 saturated heterocycles. The predicted octanol–water partition coefficient (Wildman–Crippen LogP) is 2.84. The largest absolute Gasteiger partial charge is 0.491 e. The zero-order chi connectivity index (χ0) is 12.1. The molecule has 0 saturated carbocycles. The Kier molecular flexibility index (Phi) is 4.62. The summed E-state index contributed by atoms with van der Waals surface area (Å²) in [5.41, 5.74) is 0.740. The summed E-state index contributed by atoms with van der Waals surface area (Å²) in [7, 11) is 1.35. The molecule has 1 aromatic rings. The van der Waals surface area contributed by atoms with E-state index < -0.39 is 0 Å². The monoisotopic (exact) mass is 242 g/mol. The summed E-state index contributed by atoms with van der Waals surface area (Å²) in [6, 6.07) is 5.28. The number of esters is 1. The van der Waals surface area contributed by atoms with Crippen molar-refractivity contribution in [1.82, 2.24) is 0 Å². The van der Waals surface area contributed by atoms with Crippen LogP contribution in [0.1, 0.15) is 19.4 Å². The van der Waals surface area contributed by atoms with Crippen molar-refractivity contribution in [2.45, 2.75) is 26.4 Å². The molecule has 16 heavy (non-hydrogen) atoms. The van der Waals surface area contributed by atoms with Crippen LogP contribution in [0.5, 0.6) is 5.75 Å². The molecule has 0 radical (unpaired) electrons. The van der Waals surface area contributed by atoms with Crippen molar-refractivity contribution in [2.24, 2.45) is 0 Å². The standard InChI is InChI=1S/C12H15ClO3/c1-8(2)16-10-5-4-9(11(13)7-10)6-12(14)15-3/h4-5,7-8H,6H2,1-3H3. The number of halogens is 1. The molecule has 0 heterocycles. The van der Waals surface area contributed by atoms with Gasteiger partial charge in [-0.2, -0.15) is 0 Å². The SMILES string of the molecule is COC(=O)Cc1ccc(OC(C)C)cc1Cl. The molecule has 1 rings (SSSR count). The van der Waals surface area contributed by atoms with Crippen LogP contribution in [-0.2, 0) is 16.0 Å². The van der Waals surface area contributed by atoms with Crippen LogP contribution in [-0.4, -0.2) is 19.2 Å². The lowest BCUT2D eigenvalue weighted by Crippen LogP contribution is -2.07. The van der Waals surface area contributed by atoms with E-state index in [1.165, 1.54) is 7.11 Å². The van der Waals surface area contributed by atoms with Crippen LogP contribution in [0.25, 0.3) is 0 Å². The van der Waals surface area contributed by atoms with Crippen LogP contribution in [0.3, 0.4) is 0 Å². The summed E-state index contributed by atoms with van der Waals surface area (Å²) in [6.45, 7) is 3.88. The van der Waals surface area contributed by atoms with E-state index >= 15 is 0 Å². The molecule has 0 unspecified atom stereocenters. The number of hydrogen-bond donors (Lipinski definition) is 0. The molecule has 1 aromatic carbocycles. The van der Waals surface area contributed by atoms with Gasteiger partial charge in [-0.3, -0.25) is 4.79 Å². The number of hydrogen-bond acceptors (Lipinski definition) is 3. The second-order valence-electron chi connectivity index (χ2n) is 3.67. The number of ether oxygens (including phenoxy) is 2. The lowest BCUT2D eigenvalue weighted by atomic mass is 10.1. The Morgan fingerprint density at radius 2 is 2.12 bits per heavy atom. The number of carbonyl (C=O) groups excluding carboxylic acids is 1. The van der Waals surface area contributed by atoms with Gasteiger partial charge in [0.05, 0.1) is 19.6 Å². The Balaban J connectivity index is 2.79. The molecule has 0 aliphatic carbocycles. The summed E-state index contributed by atoms with van der Waals surface area (Å²) in [5, 5.41) is 0.517. The third-order valence-corrected chi connectivity index (χ3v) is 2.31. The minimum atomic E-state index is -0.306.